The topological polar surface area (TPSA) is 141 Å². The molecule has 4 heterocycles. The molecule has 0 radical (unpaired) electrons. The molecule has 0 saturated carbocycles. The predicted molar refractivity (Wildman–Crippen MR) is 126 cm³/mol. The van der Waals surface area contributed by atoms with Crippen molar-refractivity contribution in [2.75, 3.05) is 5.32 Å². The highest BCUT2D eigenvalue weighted by atomic mass is 32.2. The van der Waals surface area contributed by atoms with Crippen LogP contribution in [0.3, 0.4) is 0 Å². The third kappa shape index (κ3) is 4.61. The maximum absolute atomic E-state index is 13.2. The Morgan fingerprint density at radius 1 is 1.16 bits per heavy atom. The number of anilines is 1. The molecule has 0 aliphatic rings. The molecule has 37 heavy (non-hydrogen) atoms. The number of rotatable bonds is 8. The van der Waals surface area contributed by atoms with Crippen molar-refractivity contribution in [2.24, 2.45) is 14.1 Å². The maximum atomic E-state index is 13.2. The van der Waals surface area contributed by atoms with Crippen molar-refractivity contribution in [3.05, 3.63) is 67.1 Å². The first-order valence-electron chi connectivity index (χ1n) is 10.7. The lowest BCUT2D eigenvalue weighted by molar-refractivity contribution is -0.0494. The van der Waals surface area contributed by atoms with Gasteiger partial charge in [0.1, 0.15) is 11.4 Å². The van der Waals surface area contributed by atoms with Gasteiger partial charge < -0.3 is 19.7 Å². The van der Waals surface area contributed by atoms with Crippen LogP contribution in [0.25, 0.3) is 16.9 Å². The summed E-state index contributed by atoms with van der Waals surface area (Å²) < 4.78 is 61.7. The number of benzene rings is 1. The highest BCUT2D eigenvalue weighted by Crippen LogP contribution is 2.38. The van der Waals surface area contributed by atoms with Gasteiger partial charge in [-0.15, -0.1) is 0 Å². The van der Waals surface area contributed by atoms with Crippen LogP contribution in [0.15, 0.2) is 71.5 Å². The van der Waals surface area contributed by atoms with Gasteiger partial charge in [-0.3, -0.25) is 4.68 Å². The second-order valence-corrected chi connectivity index (χ2v) is 9.91. The molecule has 5 rings (SSSR count). The normalized spacial score (nSPS) is 12.8. The second kappa shape index (κ2) is 9.25. The molecule has 0 aliphatic carbocycles. The number of halogens is 2. The van der Waals surface area contributed by atoms with E-state index in [1.54, 1.807) is 32.6 Å². The molecular formula is C22H20F2N8O4S. The van der Waals surface area contributed by atoms with Gasteiger partial charge >= 0.3 is 6.61 Å². The molecule has 0 spiro atoms. The Kier molecular flexibility index (Phi) is 6.08. The molecule has 0 amide bonds. The highest BCUT2D eigenvalue weighted by Gasteiger charge is 2.26. The van der Waals surface area contributed by atoms with Gasteiger partial charge in [0.05, 0.1) is 28.7 Å². The monoisotopic (exact) mass is 530 g/mol. The number of hydrogen-bond acceptors (Lipinski definition) is 9. The van der Waals surface area contributed by atoms with Crippen molar-refractivity contribution < 1.29 is 27.0 Å². The van der Waals surface area contributed by atoms with Crippen LogP contribution in [0.2, 0.25) is 0 Å². The Morgan fingerprint density at radius 3 is 2.70 bits per heavy atom. The summed E-state index contributed by atoms with van der Waals surface area (Å²) in [5, 5.41) is 22.0. The van der Waals surface area contributed by atoms with Crippen LogP contribution in [0.5, 0.6) is 5.75 Å². The number of hydrogen-bond donors (Lipinski definition) is 2. The van der Waals surface area contributed by atoms with Gasteiger partial charge in [0.25, 0.3) is 0 Å². The lowest BCUT2D eigenvalue weighted by atomic mass is 10.1. The van der Waals surface area contributed by atoms with Crippen molar-refractivity contribution in [3.8, 4) is 17.0 Å². The molecular weight excluding hydrogens is 510 g/mol. The van der Waals surface area contributed by atoms with E-state index in [-0.39, 0.29) is 32.6 Å². The van der Waals surface area contributed by atoms with E-state index >= 15 is 0 Å². The summed E-state index contributed by atoms with van der Waals surface area (Å²) in [6, 6.07) is 5.14. The minimum absolute atomic E-state index is 0.0365. The number of imidazole rings is 1. The number of fused-ring (bicyclic) bond motifs is 1. The van der Waals surface area contributed by atoms with Crippen LogP contribution in [-0.4, -0.2) is 54.1 Å². The molecule has 1 unspecified atom stereocenters. The van der Waals surface area contributed by atoms with E-state index in [1.165, 1.54) is 44.7 Å². The van der Waals surface area contributed by atoms with Crippen molar-refractivity contribution in [1.29, 1.82) is 0 Å². The Labute approximate surface area is 208 Å². The molecule has 0 fully saturated rings. The first-order valence-corrected chi connectivity index (χ1v) is 12.2. The fraction of sp³-hybridized carbons (Fsp3) is 0.182. The number of aromatic nitrogens is 7. The Balaban J connectivity index is 1.58. The van der Waals surface area contributed by atoms with Gasteiger partial charge in [-0.2, -0.15) is 19.0 Å². The smallest absolute Gasteiger partial charge is 0.387 e. The summed E-state index contributed by atoms with van der Waals surface area (Å²) in [4.78, 5) is 7.90. The average molecular weight is 531 g/mol. The Hall–Kier alpha value is -4.37. The van der Waals surface area contributed by atoms with Gasteiger partial charge in [0.2, 0.25) is 9.84 Å². The summed E-state index contributed by atoms with van der Waals surface area (Å²) >= 11 is 0. The summed E-state index contributed by atoms with van der Waals surface area (Å²) in [6.07, 6.45) is 7.49. The van der Waals surface area contributed by atoms with E-state index in [4.69, 9.17) is 0 Å². The van der Waals surface area contributed by atoms with Crippen molar-refractivity contribution in [2.45, 2.75) is 22.8 Å². The Bertz CT molecular complexity index is 1700. The highest BCUT2D eigenvalue weighted by molar-refractivity contribution is 7.91. The van der Waals surface area contributed by atoms with Crippen molar-refractivity contribution in [3.63, 3.8) is 0 Å². The van der Waals surface area contributed by atoms with E-state index in [0.29, 0.717) is 11.2 Å². The Morgan fingerprint density at radius 2 is 1.97 bits per heavy atom. The third-order valence-corrected chi connectivity index (χ3v) is 7.05. The molecule has 0 saturated heterocycles. The SMILES string of the molecule is Cn1cnc(S(=O)(=O)c2ccc(OC(F)F)c(-c3nn(C)cc3NC(O)c3cnn4cccnc34)c2)c1. The standard InChI is InChI=1S/C22H20F2N8O4S/c1-30-11-18(26-12-30)37(34,35)13-4-5-17(36-22(23)24)14(8-13)19-16(10-31(2)29-19)28-21(33)15-9-27-32-7-3-6-25-20(15)32/h3-12,21-22,28,33H,1-2H3. The number of nitrogens with one attached hydrogen (secondary N) is 1. The number of alkyl halides is 2. The lowest BCUT2D eigenvalue weighted by Crippen LogP contribution is -2.11. The lowest BCUT2D eigenvalue weighted by Gasteiger charge is -2.15. The molecule has 15 heteroatoms. The van der Waals surface area contributed by atoms with Crippen LogP contribution in [0.1, 0.15) is 11.8 Å². The molecule has 4 aromatic heterocycles. The van der Waals surface area contributed by atoms with Crippen LogP contribution < -0.4 is 10.1 Å². The summed E-state index contributed by atoms with van der Waals surface area (Å²) in [6.45, 7) is -3.17. The molecule has 1 aromatic carbocycles. The minimum atomic E-state index is -4.08. The van der Waals surface area contributed by atoms with E-state index in [0.717, 1.165) is 12.1 Å². The summed E-state index contributed by atoms with van der Waals surface area (Å²) in [5.74, 6) is -0.302. The van der Waals surface area contributed by atoms with Crippen molar-refractivity contribution >= 4 is 21.2 Å². The fourth-order valence-electron chi connectivity index (χ4n) is 3.76. The zero-order valence-corrected chi connectivity index (χ0v) is 20.2. The number of aliphatic hydroxyl groups is 1. The van der Waals surface area contributed by atoms with Crippen LogP contribution in [0, 0.1) is 0 Å². The van der Waals surface area contributed by atoms with Crippen LogP contribution in [-0.2, 0) is 23.9 Å². The second-order valence-electron chi connectivity index (χ2n) is 8.02. The first-order chi connectivity index (χ1) is 17.6. The third-order valence-electron chi connectivity index (χ3n) is 5.41. The van der Waals surface area contributed by atoms with E-state index in [9.17, 15) is 22.3 Å². The van der Waals surface area contributed by atoms with E-state index in [2.05, 4.69) is 30.2 Å². The van der Waals surface area contributed by atoms with Gasteiger partial charge in [-0.1, -0.05) is 0 Å². The van der Waals surface area contributed by atoms with Crippen molar-refractivity contribution in [1.82, 2.24) is 33.9 Å². The summed E-state index contributed by atoms with van der Waals surface area (Å²) in [7, 11) is -0.879. The molecule has 192 valence electrons. The first kappa shape index (κ1) is 24.3. The quantitative estimate of drug-likeness (QED) is 0.289. The van der Waals surface area contributed by atoms with Gasteiger partial charge in [0.15, 0.2) is 16.9 Å². The zero-order valence-electron chi connectivity index (χ0n) is 19.4. The van der Waals surface area contributed by atoms with E-state index in [1.807, 2.05) is 0 Å². The van der Waals surface area contributed by atoms with Gasteiger partial charge in [-0.05, 0) is 24.3 Å². The molecule has 0 aliphatic heterocycles. The number of aryl methyl sites for hydroxylation is 2. The maximum Gasteiger partial charge on any atom is 0.387 e. The number of ether oxygens (including phenoxy) is 1. The van der Waals surface area contributed by atoms with Crippen LogP contribution >= 0.6 is 0 Å². The fourth-order valence-corrected chi connectivity index (χ4v) is 5.02. The number of sulfone groups is 1. The summed E-state index contributed by atoms with van der Waals surface area (Å²) in [5.41, 5.74) is 1.01. The predicted octanol–water partition coefficient (Wildman–Crippen LogP) is 2.40. The molecule has 2 N–H and O–H groups in total. The van der Waals surface area contributed by atoms with Crippen LogP contribution in [0.4, 0.5) is 14.5 Å². The van der Waals surface area contributed by atoms with Gasteiger partial charge in [0, 0.05) is 44.4 Å². The molecule has 1 atom stereocenters. The average Bonchev–Trinajstić information content (AvgIpc) is 3.57. The zero-order chi connectivity index (χ0) is 26.3. The molecule has 12 nitrogen and oxygen atoms in total. The molecule has 0 bridgehead atoms. The number of nitrogens with zero attached hydrogens (tertiary/aromatic N) is 7. The van der Waals surface area contributed by atoms with Gasteiger partial charge in [-0.25, -0.2) is 22.9 Å². The molecule has 5 aromatic rings. The largest absolute Gasteiger partial charge is 0.434 e. The minimum Gasteiger partial charge on any atom is -0.434 e. The van der Waals surface area contributed by atoms with E-state index < -0.39 is 22.7 Å². The number of aliphatic hydroxyl groups excluding tert-OH is 1.